The minimum Gasteiger partial charge on any atom is -0.364 e. The molecule has 0 atom stereocenters. The van der Waals surface area contributed by atoms with Crippen LogP contribution in [0.25, 0.3) is 0 Å². The maximum atomic E-state index is 12.9. The van der Waals surface area contributed by atoms with E-state index in [1.165, 1.54) is 12.1 Å². The number of nitrogens with zero attached hydrogens (tertiary/aromatic N) is 1. The Morgan fingerprint density at radius 1 is 0.867 bits per heavy atom. The quantitative estimate of drug-likeness (QED) is 0.270. The first kappa shape index (κ1) is 29.2. The topological polar surface area (TPSA) is 162 Å². The summed E-state index contributed by atoms with van der Waals surface area (Å²) in [6, 6.07) is 4.73. The second kappa shape index (κ2) is 12.9. The van der Waals surface area contributed by atoms with Gasteiger partial charge in [0.1, 0.15) is 0 Å². The van der Waals surface area contributed by atoms with E-state index < -0.39 is 45.1 Å². The predicted octanol–water partition coefficient (Wildman–Crippen LogP) is 3.82. The maximum Gasteiger partial charge on any atom is 0.379 e. The molecule has 0 spiro atoms. The average molecular weight is 493 g/mol. The lowest BCUT2D eigenvalue weighted by Crippen LogP contribution is -2.30. The highest BCUT2D eigenvalue weighted by atomic mass is 31.2. The summed E-state index contributed by atoms with van der Waals surface area (Å²) in [5, 5.41) is 19.2. The summed E-state index contributed by atoms with van der Waals surface area (Å²) in [6.45, 7) is 0. The normalized spacial score (nSPS) is 12.4. The van der Waals surface area contributed by atoms with Crippen LogP contribution in [-0.4, -0.2) is 59.8 Å². The number of para-hydroxylation sites is 1. The fraction of sp³-hybridized carbons (Fsp3) is 0.571. The average Bonchev–Trinajstić information content (AvgIpc) is 2.78. The van der Waals surface area contributed by atoms with Crippen LogP contribution < -0.4 is 0 Å². The molecule has 0 aliphatic heterocycles. The molecule has 0 aromatic heterocycles. The van der Waals surface area contributed by atoms with Crippen molar-refractivity contribution in [3.05, 3.63) is 39.9 Å². The number of nitro benzene ring substituents is 1. The summed E-state index contributed by atoms with van der Waals surface area (Å²) in [7, 11) is -1.93. The van der Waals surface area contributed by atoms with Gasteiger partial charge >= 0.3 is 28.9 Å². The van der Waals surface area contributed by atoms with Crippen molar-refractivity contribution in [2.45, 2.75) is 5.08 Å². The van der Waals surface area contributed by atoms with E-state index in [-0.39, 0.29) is 0 Å². The number of benzene rings is 1. The van der Waals surface area contributed by atoms with Crippen molar-refractivity contribution in [1.29, 1.82) is 0 Å². The van der Waals surface area contributed by atoms with E-state index in [2.05, 4.69) is 13.6 Å². The molecule has 1 aromatic carbocycles. The molecule has 30 heavy (non-hydrogen) atoms. The Morgan fingerprint density at radius 3 is 1.50 bits per heavy atom. The van der Waals surface area contributed by atoms with Gasteiger partial charge in [-0.3, -0.25) is 19.2 Å². The highest BCUT2D eigenvalue weighted by Crippen LogP contribution is 2.80. The second-order valence-electron chi connectivity index (χ2n) is 4.91. The van der Waals surface area contributed by atoms with Gasteiger partial charge in [-0.25, -0.2) is 0 Å². The van der Waals surface area contributed by atoms with Crippen molar-refractivity contribution >= 4 is 29.5 Å². The van der Waals surface area contributed by atoms with Gasteiger partial charge < -0.3 is 36.8 Å². The zero-order valence-corrected chi connectivity index (χ0v) is 20.2. The summed E-state index contributed by atoms with van der Waals surface area (Å²) in [5.41, 5.74) is -1.23. The van der Waals surface area contributed by atoms with Gasteiger partial charge in [-0.05, 0) is 6.07 Å². The second-order valence-corrected chi connectivity index (χ2v) is 11.5. The molecule has 174 valence electrons. The third-order valence-corrected chi connectivity index (χ3v) is 9.93. The predicted molar refractivity (Wildman–Crippen MR) is 108 cm³/mol. The Morgan fingerprint density at radius 2 is 1.23 bits per heavy atom. The number of aliphatic hydroxyl groups is 1. The van der Waals surface area contributed by atoms with E-state index in [0.29, 0.717) is 0 Å². The van der Waals surface area contributed by atoms with Crippen molar-refractivity contribution in [3.8, 4) is 0 Å². The van der Waals surface area contributed by atoms with E-state index in [4.69, 9.17) is 18.1 Å². The van der Waals surface area contributed by atoms with Crippen LogP contribution in [0.5, 0.6) is 0 Å². The molecule has 0 bridgehead atoms. The number of nitro groups is 1. The Labute approximate surface area is 175 Å². The van der Waals surface area contributed by atoms with Crippen molar-refractivity contribution in [3.63, 3.8) is 0 Å². The molecular weight excluding hydrogens is 467 g/mol. The molecule has 1 aromatic rings. The molecule has 0 fully saturated rings. The molecule has 0 aliphatic rings. The SMILES string of the molecule is COP(=O)(OC)C(O)(c1ccccc1[N+](=O)[O-])P(=O)(OC)OC.COP(OC)OC. The molecule has 1 rings (SSSR count). The van der Waals surface area contributed by atoms with Crippen LogP contribution in [0.15, 0.2) is 24.3 Å². The fourth-order valence-corrected chi connectivity index (χ4v) is 7.16. The summed E-state index contributed by atoms with van der Waals surface area (Å²) < 4.78 is 58.6. The van der Waals surface area contributed by atoms with Crippen molar-refractivity contribution in [2.24, 2.45) is 0 Å². The Balaban J connectivity index is 0.00000103. The van der Waals surface area contributed by atoms with Crippen LogP contribution in [0, 0.1) is 10.1 Å². The Kier molecular flexibility index (Phi) is 12.6. The zero-order valence-electron chi connectivity index (χ0n) is 17.5. The summed E-state index contributed by atoms with van der Waals surface area (Å²) in [4.78, 5) is 10.4. The lowest BCUT2D eigenvalue weighted by atomic mass is 10.2. The molecule has 16 heteroatoms. The molecule has 1 N–H and O–H groups in total. The van der Waals surface area contributed by atoms with Crippen LogP contribution in [0.4, 0.5) is 5.69 Å². The van der Waals surface area contributed by atoms with Gasteiger partial charge in [0, 0.05) is 55.8 Å². The molecule has 0 amide bonds. The monoisotopic (exact) mass is 493 g/mol. The largest absolute Gasteiger partial charge is 0.379 e. The minimum atomic E-state index is -4.61. The highest BCUT2D eigenvalue weighted by Gasteiger charge is 2.67. The number of rotatable bonds is 11. The van der Waals surface area contributed by atoms with Gasteiger partial charge in [0.15, 0.2) is 0 Å². The fourth-order valence-electron chi connectivity index (χ4n) is 2.24. The Bertz CT molecular complexity index is 725. The van der Waals surface area contributed by atoms with Crippen molar-refractivity contribution in [2.75, 3.05) is 49.8 Å². The van der Waals surface area contributed by atoms with E-state index in [1.54, 1.807) is 21.3 Å². The molecule has 0 unspecified atom stereocenters. The van der Waals surface area contributed by atoms with Gasteiger partial charge in [-0.1, -0.05) is 12.1 Å². The van der Waals surface area contributed by atoms with Gasteiger partial charge in [-0.2, -0.15) is 0 Å². The lowest BCUT2D eigenvalue weighted by Gasteiger charge is -2.36. The van der Waals surface area contributed by atoms with E-state index in [9.17, 15) is 24.4 Å². The van der Waals surface area contributed by atoms with Crippen LogP contribution in [-0.2, 0) is 45.9 Å². The van der Waals surface area contributed by atoms with Crippen LogP contribution in [0.3, 0.4) is 0 Å². The summed E-state index contributed by atoms with van der Waals surface area (Å²) in [5.74, 6) is 0. The van der Waals surface area contributed by atoms with Crippen molar-refractivity contribution in [1.82, 2.24) is 0 Å². The molecule has 0 heterocycles. The minimum absolute atomic E-state index is 0.580. The third kappa shape index (κ3) is 5.91. The first-order valence-electron chi connectivity index (χ1n) is 7.84. The first-order valence-corrected chi connectivity index (χ1v) is 12.0. The first-order chi connectivity index (χ1) is 14.0. The van der Waals surface area contributed by atoms with Gasteiger partial charge in [0.25, 0.3) is 5.69 Å². The molecule has 13 nitrogen and oxygen atoms in total. The maximum absolute atomic E-state index is 12.9. The summed E-state index contributed by atoms with van der Waals surface area (Å²) in [6.07, 6.45) is 0. The third-order valence-electron chi connectivity index (χ3n) is 3.63. The molecule has 0 saturated heterocycles. The van der Waals surface area contributed by atoms with Crippen LogP contribution in [0.1, 0.15) is 5.56 Å². The molecule has 0 aliphatic carbocycles. The van der Waals surface area contributed by atoms with Gasteiger partial charge in [-0.15, -0.1) is 0 Å². The highest BCUT2D eigenvalue weighted by molar-refractivity contribution is 7.73. The zero-order chi connectivity index (χ0) is 23.6. The van der Waals surface area contributed by atoms with E-state index in [0.717, 1.165) is 40.6 Å². The summed E-state index contributed by atoms with van der Waals surface area (Å²) >= 11 is 0. The smallest absolute Gasteiger partial charge is 0.364 e. The molecule has 0 saturated carbocycles. The number of hydrogen-bond acceptors (Lipinski definition) is 12. The van der Waals surface area contributed by atoms with E-state index >= 15 is 0 Å². The van der Waals surface area contributed by atoms with E-state index in [1.807, 2.05) is 0 Å². The standard InChI is InChI=1S/C11H17NO9P2.C3H9O3P/c1-18-22(16,19-2)11(13,23(17,20-3)21-4)9-7-5-6-8-10(9)12(14)15;1-4-7(5-2)6-3/h5-8,13H,1-4H3;1-3H3. The lowest BCUT2D eigenvalue weighted by molar-refractivity contribution is -0.386. The van der Waals surface area contributed by atoms with Crippen molar-refractivity contribution < 1.29 is 50.8 Å². The van der Waals surface area contributed by atoms with Gasteiger partial charge in [0.2, 0.25) is 0 Å². The Hall–Kier alpha value is -0.810. The van der Waals surface area contributed by atoms with Gasteiger partial charge in [0.05, 0.1) is 10.5 Å². The molecular formula is C14H26NO12P3. The van der Waals surface area contributed by atoms with Crippen LogP contribution in [0.2, 0.25) is 0 Å². The molecule has 0 radical (unpaired) electrons. The van der Waals surface area contributed by atoms with Crippen LogP contribution >= 0.6 is 23.8 Å². The number of hydrogen-bond donors (Lipinski definition) is 1.